The predicted octanol–water partition coefficient (Wildman–Crippen LogP) is 3.87. The molecule has 2 saturated heterocycles. The monoisotopic (exact) mass is 386 g/mol. The van der Waals surface area contributed by atoms with Gasteiger partial charge in [-0.25, -0.2) is 0 Å². The van der Waals surface area contributed by atoms with Gasteiger partial charge < -0.3 is 9.42 Å². The summed E-state index contributed by atoms with van der Waals surface area (Å²) in [4.78, 5) is 22.8. The summed E-state index contributed by atoms with van der Waals surface area (Å²) in [6.45, 7) is 3.52. The van der Waals surface area contributed by atoms with Crippen LogP contribution >= 0.6 is 0 Å². The van der Waals surface area contributed by atoms with E-state index in [2.05, 4.69) is 19.9 Å². The molecule has 4 aliphatic rings. The third-order valence-electron chi connectivity index (χ3n) is 7.77. The molecular weight excluding hydrogens is 352 g/mol. The normalized spacial score (nSPS) is 30.7. The number of hydrogen-bond donors (Lipinski definition) is 0. The Morgan fingerprint density at radius 1 is 0.964 bits per heavy atom. The van der Waals surface area contributed by atoms with Crippen LogP contribution in [0.2, 0.25) is 0 Å². The summed E-state index contributed by atoms with van der Waals surface area (Å²) in [6, 6.07) is 0.499. The SMILES string of the molecule is O=C1N(C2CCCCC2)CCC[C@]12CCN(Cc1noc(C3CCCC3)n1)C2. The van der Waals surface area contributed by atoms with Crippen LogP contribution in [-0.2, 0) is 11.3 Å². The molecule has 5 rings (SSSR count). The Morgan fingerprint density at radius 2 is 1.75 bits per heavy atom. The number of carbonyl (C=O) groups excluding carboxylic acids is 1. The Labute approximate surface area is 168 Å². The molecule has 1 amide bonds. The molecule has 3 heterocycles. The van der Waals surface area contributed by atoms with Crippen LogP contribution in [0.5, 0.6) is 0 Å². The number of nitrogens with zero attached hydrogens (tertiary/aromatic N) is 4. The van der Waals surface area contributed by atoms with Gasteiger partial charge in [-0.1, -0.05) is 37.3 Å². The van der Waals surface area contributed by atoms with Gasteiger partial charge in [0.15, 0.2) is 5.82 Å². The highest BCUT2D eigenvalue weighted by Crippen LogP contribution is 2.42. The van der Waals surface area contributed by atoms with E-state index in [4.69, 9.17) is 4.52 Å². The van der Waals surface area contributed by atoms with E-state index in [0.29, 0.717) is 24.4 Å². The van der Waals surface area contributed by atoms with Crippen molar-refractivity contribution in [2.75, 3.05) is 19.6 Å². The van der Waals surface area contributed by atoms with Crippen LogP contribution in [0.4, 0.5) is 0 Å². The highest BCUT2D eigenvalue weighted by molar-refractivity contribution is 5.84. The van der Waals surface area contributed by atoms with Crippen molar-refractivity contribution in [1.82, 2.24) is 19.9 Å². The van der Waals surface area contributed by atoms with E-state index in [1.54, 1.807) is 0 Å². The predicted molar refractivity (Wildman–Crippen MR) is 106 cm³/mol. The third kappa shape index (κ3) is 3.49. The van der Waals surface area contributed by atoms with Crippen molar-refractivity contribution in [3.05, 3.63) is 11.7 Å². The van der Waals surface area contributed by atoms with Crippen LogP contribution in [0.25, 0.3) is 0 Å². The molecule has 0 unspecified atom stereocenters. The molecule has 1 spiro atoms. The number of rotatable bonds is 4. The quantitative estimate of drug-likeness (QED) is 0.786. The van der Waals surface area contributed by atoms with Gasteiger partial charge in [-0.15, -0.1) is 0 Å². The molecule has 0 aromatic carbocycles. The number of amides is 1. The molecule has 1 aromatic heterocycles. The lowest BCUT2D eigenvalue weighted by atomic mass is 9.77. The molecule has 6 nitrogen and oxygen atoms in total. The maximum absolute atomic E-state index is 13.5. The van der Waals surface area contributed by atoms with E-state index >= 15 is 0 Å². The Balaban J connectivity index is 1.22. The van der Waals surface area contributed by atoms with Crippen molar-refractivity contribution in [3.8, 4) is 0 Å². The summed E-state index contributed by atoms with van der Waals surface area (Å²) < 4.78 is 5.55. The molecule has 2 aliphatic heterocycles. The standard InChI is InChI=1S/C22H34N4O2/c27-21-22(11-6-13-26(21)18-9-2-1-3-10-18)12-14-25(16-22)15-19-23-20(28-24-19)17-7-4-5-8-17/h17-18H,1-16H2/t22-/m1/s1. The fraction of sp³-hybridized carbons (Fsp3) is 0.864. The van der Waals surface area contributed by atoms with E-state index < -0.39 is 0 Å². The van der Waals surface area contributed by atoms with Gasteiger partial charge in [-0.2, -0.15) is 4.98 Å². The van der Waals surface area contributed by atoms with E-state index in [0.717, 1.165) is 50.6 Å². The summed E-state index contributed by atoms with van der Waals surface area (Å²) in [6.07, 6.45) is 14.4. The second kappa shape index (κ2) is 7.77. The number of piperidine rings is 1. The molecule has 2 aliphatic carbocycles. The summed E-state index contributed by atoms with van der Waals surface area (Å²) >= 11 is 0. The van der Waals surface area contributed by atoms with Crippen LogP contribution in [0.3, 0.4) is 0 Å². The summed E-state index contributed by atoms with van der Waals surface area (Å²) in [5.41, 5.74) is -0.159. The molecule has 4 fully saturated rings. The van der Waals surface area contributed by atoms with Crippen molar-refractivity contribution >= 4 is 5.91 Å². The fourth-order valence-electron chi connectivity index (χ4n) is 6.18. The molecule has 0 radical (unpaired) electrons. The van der Waals surface area contributed by atoms with Crippen LogP contribution in [0, 0.1) is 5.41 Å². The molecule has 0 bridgehead atoms. The van der Waals surface area contributed by atoms with Crippen LogP contribution in [-0.4, -0.2) is 51.5 Å². The van der Waals surface area contributed by atoms with Crippen molar-refractivity contribution in [3.63, 3.8) is 0 Å². The number of hydrogen-bond acceptors (Lipinski definition) is 5. The highest BCUT2D eigenvalue weighted by atomic mass is 16.5. The lowest BCUT2D eigenvalue weighted by molar-refractivity contribution is -0.149. The molecular formula is C22H34N4O2. The molecule has 154 valence electrons. The van der Waals surface area contributed by atoms with E-state index in [1.165, 1.54) is 57.8 Å². The average molecular weight is 387 g/mol. The minimum atomic E-state index is -0.159. The fourth-order valence-corrected chi connectivity index (χ4v) is 6.18. The summed E-state index contributed by atoms with van der Waals surface area (Å²) in [7, 11) is 0. The highest BCUT2D eigenvalue weighted by Gasteiger charge is 2.49. The number of aromatic nitrogens is 2. The van der Waals surface area contributed by atoms with Crippen LogP contribution < -0.4 is 0 Å². The molecule has 28 heavy (non-hydrogen) atoms. The zero-order chi connectivity index (χ0) is 19.0. The average Bonchev–Trinajstić information content (AvgIpc) is 3.47. The Morgan fingerprint density at radius 3 is 2.57 bits per heavy atom. The minimum Gasteiger partial charge on any atom is -0.339 e. The lowest BCUT2D eigenvalue weighted by Gasteiger charge is -2.44. The second-order valence-corrected chi connectivity index (χ2v) is 9.67. The van der Waals surface area contributed by atoms with Crippen molar-refractivity contribution in [1.29, 1.82) is 0 Å². The first kappa shape index (κ1) is 18.6. The topological polar surface area (TPSA) is 62.5 Å². The summed E-state index contributed by atoms with van der Waals surface area (Å²) in [5.74, 6) is 2.54. The van der Waals surface area contributed by atoms with Gasteiger partial charge in [0.2, 0.25) is 11.8 Å². The smallest absolute Gasteiger partial charge is 0.230 e. The van der Waals surface area contributed by atoms with Crippen molar-refractivity contribution < 1.29 is 9.32 Å². The van der Waals surface area contributed by atoms with Gasteiger partial charge in [0.25, 0.3) is 0 Å². The van der Waals surface area contributed by atoms with Gasteiger partial charge >= 0.3 is 0 Å². The molecule has 1 atom stereocenters. The minimum absolute atomic E-state index is 0.159. The first-order valence-corrected chi connectivity index (χ1v) is 11.6. The van der Waals surface area contributed by atoms with Gasteiger partial charge in [0, 0.05) is 25.0 Å². The van der Waals surface area contributed by atoms with Crippen LogP contribution in [0.1, 0.15) is 94.7 Å². The van der Waals surface area contributed by atoms with E-state index in [-0.39, 0.29) is 5.41 Å². The van der Waals surface area contributed by atoms with Gasteiger partial charge in [-0.3, -0.25) is 9.69 Å². The third-order valence-corrected chi connectivity index (χ3v) is 7.77. The molecule has 6 heteroatoms. The molecule has 2 saturated carbocycles. The largest absolute Gasteiger partial charge is 0.339 e. The second-order valence-electron chi connectivity index (χ2n) is 9.67. The van der Waals surface area contributed by atoms with Gasteiger partial charge in [0.05, 0.1) is 12.0 Å². The lowest BCUT2D eigenvalue weighted by Crippen LogP contribution is -2.54. The maximum Gasteiger partial charge on any atom is 0.230 e. The molecule has 1 aromatic rings. The number of carbonyl (C=O) groups is 1. The Bertz CT molecular complexity index is 692. The zero-order valence-electron chi connectivity index (χ0n) is 17.1. The van der Waals surface area contributed by atoms with Crippen LogP contribution in [0.15, 0.2) is 4.52 Å². The number of likely N-dealkylation sites (tertiary alicyclic amines) is 2. The first-order chi connectivity index (χ1) is 13.7. The van der Waals surface area contributed by atoms with E-state index in [9.17, 15) is 4.79 Å². The van der Waals surface area contributed by atoms with Gasteiger partial charge in [-0.05, 0) is 51.5 Å². The maximum atomic E-state index is 13.5. The first-order valence-electron chi connectivity index (χ1n) is 11.6. The Hall–Kier alpha value is -1.43. The van der Waals surface area contributed by atoms with E-state index in [1.807, 2.05) is 0 Å². The van der Waals surface area contributed by atoms with Crippen molar-refractivity contribution in [2.45, 2.75) is 95.6 Å². The summed E-state index contributed by atoms with van der Waals surface area (Å²) in [5, 5.41) is 4.24. The zero-order valence-corrected chi connectivity index (χ0v) is 17.1. The Kier molecular flexibility index (Phi) is 5.16. The molecule has 0 N–H and O–H groups in total. The van der Waals surface area contributed by atoms with Gasteiger partial charge in [0.1, 0.15) is 0 Å². The van der Waals surface area contributed by atoms with Crippen molar-refractivity contribution in [2.24, 2.45) is 5.41 Å².